The minimum Gasteiger partial charge on any atom is -0.290 e. The minimum atomic E-state index is -3.31. The lowest BCUT2D eigenvalue weighted by Crippen LogP contribution is -2.12. The van der Waals surface area contributed by atoms with Crippen molar-refractivity contribution in [3.8, 4) is 5.69 Å². The van der Waals surface area contributed by atoms with Crippen LogP contribution in [0.2, 0.25) is 0 Å². The van der Waals surface area contributed by atoms with E-state index in [-0.39, 0.29) is 10.9 Å². The standard InChI is InChI=1S/C13H16N2O2S/c1-4-18(16,17)13-14-7-8-15(13)12-9-10(2)5-6-11(12)3/h5-9H,4H2,1-3H3. The highest BCUT2D eigenvalue weighted by Gasteiger charge is 2.19. The fourth-order valence-corrected chi connectivity index (χ4v) is 2.75. The number of hydrogen-bond acceptors (Lipinski definition) is 3. The molecule has 5 heteroatoms. The van der Waals surface area contributed by atoms with Gasteiger partial charge in [-0.2, -0.15) is 0 Å². The summed E-state index contributed by atoms with van der Waals surface area (Å²) in [4.78, 5) is 3.98. The molecule has 4 nitrogen and oxygen atoms in total. The van der Waals surface area contributed by atoms with E-state index in [1.807, 2.05) is 32.0 Å². The van der Waals surface area contributed by atoms with Gasteiger partial charge in [-0.05, 0) is 31.0 Å². The molecule has 0 unspecified atom stereocenters. The fourth-order valence-electron chi connectivity index (χ4n) is 1.81. The fraction of sp³-hybridized carbons (Fsp3) is 0.308. The van der Waals surface area contributed by atoms with Gasteiger partial charge < -0.3 is 0 Å². The van der Waals surface area contributed by atoms with Gasteiger partial charge in [-0.1, -0.05) is 19.1 Å². The Labute approximate surface area is 107 Å². The van der Waals surface area contributed by atoms with Crippen molar-refractivity contribution in [1.29, 1.82) is 0 Å². The summed E-state index contributed by atoms with van der Waals surface area (Å²) < 4.78 is 25.6. The molecule has 96 valence electrons. The molecule has 0 aliphatic rings. The Balaban J connectivity index is 2.67. The van der Waals surface area contributed by atoms with Gasteiger partial charge >= 0.3 is 0 Å². The zero-order valence-corrected chi connectivity index (χ0v) is 11.5. The van der Waals surface area contributed by atoms with Crippen LogP contribution in [0, 0.1) is 13.8 Å². The average molecular weight is 264 g/mol. The van der Waals surface area contributed by atoms with Crippen molar-refractivity contribution in [3.05, 3.63) is 41.7 Å². The molecule has 18 heavy (non-hydrogen) atoms. The molecule has 0 saturated carbocycles. The normalized spacial score (nSPS) is 11.7. The van der Waals surface area contributed by atoms with Crippen molar-refractivity contribution < 1.29 is 8.42 Å². The van der Waals surface area contributed by atoms with Gasteiger partial charge in [-0.15, -0.1) is 0 Å². The zero-order valence-electron chi connectivity index (χ0n) is 10.7. The first-order valence-electron chi connectivity index (χ1n) is 5.79. The number of sulfone groups is 1. The lowest BCUT2D eigenvalue weighted by molar-refractivity contribution is 0.585. The first-order chi connectivity index (χ1) is 8.45. The van der Waals surface area contributed by atoms with Crippen LogP contribution in [0.25, 0.3) is 5.69 Å². The highest BCUT2D eigenvalue weighted by Crippen LogP contribution is 2.20. The molecule has 0 N–H and O–H groups in total. The molecule has 0 aliphatic carbocycles. The van der Waals surface area contributed by atoms with Crippen LogP contribution >= 0.6 is 0 Å². The van der Waals surface area contributed by atoms with E-state index in [1.165, 1.54) is 6.20 Å². The van der Waals surface area contributed by atoms with Crippen molar-refractivity contribution in [1.82, 2.24) is 9.55 Å². The number of nitrogens with zero attached hydrogens (tertiary/aromatic N) is 2. The van der Waals surface area contributed by atoms with Crippen LogP contribution in [-0.4, -0.2) is 23.7 Å². The molecular weight excluding hydrogens is 248 g/mol. The average Bonchev–Trinajstić information content (AvgIpc) is 2.82. The Bertz CT molecular complexity index is 672. The molecular formula is C13H16N2O2S. The molecule has 0 radical (unpaired) electrons. The molecule has 0 amide bonds. The van der Waals surface area contributed by atoms with Crippen molar-refractivity contribution in [3.63, 3.8) is 0 Å². The number of imidazole rings is 1. The Morgan fingerprint density at radius 1 is 1.28 bits per heavy atom. The Kier molecular flexibility index (Phi) is 3.26. The van der Waals surface area contributed by atoms with Gasteiger partial charge in [-0.3, -0.25) is 4.57 Å². The van der Waals surface area contributed by atoms with Crippen molar-refractivity contribution in [2.45, 2.75) is 25.9 Å². The Hall–Kier alpha value is -1.62. The van der Waals surface area contributed by atoms with Gasteiger partial charge in [0.05, 0.1) is 11.4 Å². The topological polar surface area (TPSA) is 52.0 Å². The molecule has 0 aliphatic heterocycles. The van der Waals surface area contributed by atoms with E-state index in [1.54, 1.807) is 17.7 Å². The SMILES string of the molecule is CCS(=O)(=O)c1nccn1-c1cc(C)ccc1C. The highest BCUT2D eigenvalue weighted by molar-refractivity contribution is 7.91. The summed E-state index contributed by atoms with van der Waals surface area (Å²) in [5.74, 6) is 0.0505. The summed E-state index contributed by atoms with van der Waals surface area (Å²) >= 11 is 0. The van der Waals surface area contributed by atoms with E-state index < -0.39 is 9.84 Å². The second-order valence-corrected chi connectivity index (χ2v) is 6.45. The molecule has 0 fully saturated rings. The zero-order chi connectivity index (χ0) is 13.3. The Morgan fingerprint density at radius 2 is 2.00 bits per heavy atom. The predicted molar refractivity (Wildman–Crippen MR) is 70.8 cm³/mol. The number of aryl methyl sites for hydroxylation is 2. The molecule has 0 bridgehead atoms. The summed E-state index contributed by atoms with van der Waals surface area (Å²) in [5.41, 5.74) is 2.97. The lowest BCUT2D eigenvalue weighted by Gasteiger charge is -2.11. The maximum Gasteiger partial charge on any atom is 0.232 e. The number of benzene rings is 1. The molecule has 0 atom stereocenters. The van der Waals surface area contributed by atoms with Gasteiger partial charge in [-0.25, -0.2) is 13.4 Å². The molecule has 2 rings (SSSR count). The van der Waals surface area contributed by atoms with Gasteiger partial charge in [0, 0.05) is 12.4 Å². The van der Waals surface area contributed by atoms with Crippen LogP contribution in [0.5, 0.6) is 0 Å². The maximum absolute atomic E-state index is 12.0. The number of hydrogen-bond donors (Lipinski definition) is 0. The van der Waals surface area contributed by atoms with Crippen LogP contribution < -0.4 is 0 Å². The molecule has 2 aromatic rings. The second kappa shape index (κ2) is 4.57. The van der Waals surface area contributed by atoms with E-state index in [0.717, 1.165) is 16.8 Å². The molecule has 1 aromatic heterocycles. The highest BCUT2D eigenvalue weighted by atomic mass is 32.2. The van der Waals surface area contributed by atoms with Crippen LogP contribution in [0.15, 0.2) is 35.7 Å². The first-order valence-corrected chi connectivity index (χ1v) is 7.44. The third-order valence-electron chi connectivity index (χ3n) is 2.89. The summed E-state index contributed by atoms with van der Waals surface area (Å²) in [7, 11) is -3.31. The van der Waals surface area contributed by atoms with E-state index >= 15 is 0 Å². The Morgan fingerprint density at radius 3 is 2.67 bits per heavy atom. The van der Waals surface area contributed by atoms with Crippen molar-refractivity contribution >= 4 is 9.84 Å². The summed E-state index contributed by atoms with van der Waals surface area (Å²) in [6, 6.07) is 5.95. The maximum atomic E-state index is 12.0. The third-order valence-corrected chi connectivity index (χ3v) is 4.51. The molecule has 0 spiro atoms. The smallest absolute Gasteiger partial charge is 0.232 e. The van der Waals surface area contributed by atoms with Crippen LogP contribution in [-0.2, 0) is 9.84 Å². The largest absolute Gasteiger partial charge is 0.290 e. The second-order valence-electron chi connectivity index (χ2n) is 4.27. The van der Waals surface area contributed by atoms with Crippen LogP contribution in [0.4, 0.5) is 0 Å². The summed E-state index contributed by atoms with van der Waals surface area (Å²) in [6.45, 7) is 5.56. The van der Waals surface area contributed by atoms with Gasteiger partial charge in [0.25, 0.3) is 0 Å². The molecule has 1 aromatic carbocycles. The monoisotopic (exact) mass is 264 g/mol. The molecule has 0 saturated heterocycles. The minimum absolute atomic E-state index is 0.0505. The predicted octanol–water partition coefficient (Wildman–Crippen LogP) is 2.28. The van der Waals surface area contributed by atoms with Gasteiger partial charge in [0.15, 0.2) is 0 Å². The van der Waals surface area contributed by atoms with Crippen molar-refractivity contribution in [2.75, 3.05) is 5.75 Å². The van der Waals surface area contributed by atoms with Gasteiger partial charge in [0.2, 0.25) is 15.0 Å². The number of aromatic nitrogens is 2. The quantitative estimate of drug-likeness (QED) is 0.854. The summed E-state index contributed by atoms with van der Waals surface area (Å²) in [5, 5.41) is 0.110. The first kappa shape index (κ1) is 12.8. The van der Waals surface area contributed by atoms with E-state index in [0.29, 0.717) is 0 Å². The number of rotatable bonds is 3. The van der Waals surface area contributed by atoms with E-state index in [4.69, 9.17) is 0 Å². The lowest BCUT2D eigenvalue weighted by atomic mass is 10.1. The van der Waals surface area contributed by atoms with E-state index in [9.17, 15) is 8.42 Å². The van der Waals surface area contributed by atoms with E-state index in [2.05, 4.69) is 4.98 Å². The van der Waals surface area contributed by atoms with Crippen molar-refractivity contribution in [2.24, 2.45) is 0 Å². The third kappa shape index (κ3) is 2.18. The van der Waals surface area contributed by atoms with Crippen LogP contribution in [0.3, 0.4) is 0 Å². The molecule has 1 heterocycles. The summed E-state index contributed by atoms with van der Waals surface area (Å²) in [6.07, 6.45) is 3.20. The van der Waals surface area contributed by atoms with Crippen LogP contribution in [0.1, 0.15) is 18.1 Å². The van der Waals surface area contributed by atoms with Gasteiger partial charge in [0.1, 0.15) is 0 Å².